The van der Waals surface area contributed by atoms with Crippen LogP contribution in [0.2, 0.25) is 5.02 Å². The van der Waals surface area contributed by atoms with Gasteiger partial charge >= 0.3 is 0 Å². The zero-order valence-electron chi connectivity index (χ0n) is 15.1. The number of carbonyl (C=O) groups is 1. The Morgan fingerprint density at radius 3 is 2.44 bits per heavy atom. The number of rotatable bonds is 8. The Balaban J connectivity index is 1.84. The Morgan fingerprint density at radius 2 is 1.80 bits per heavy atom. The lowest BCUT2D eigenvalue weighted by molar-refractivity contribution is -0.122. The second-order valence-corrected chi connectivity index (χ2v) is 6.93. The minimum atomic E-state index is 0.0207. The first-order valence-corrected chi connectivity index (χ1v) is 8.74. The van der Waals surface area contributed by atoms with Crippen LogP contribution in [0.1, 0.15) is 17.2 Å². The van der Waals surface area contributed by atoms with E-state index in [-0.39, 0.29) is 11.9 Å². The van der Waals surface area contributed by atoms with E-state index in [1.165, 1.54) is 5.56 Å². The monoisotopic (exact) mass is 359 g/mol. The first-order chi connectivity index (χ1) is 12.0. The molecule has 0 bridgehead atoms. The van der Waals surface area contributed by atoms with Gasteiger partial charge in [0.15, 0.2) is 0 Å². The lowest BCUT2D eigenvalue weighted by Gasteiger charge is -2.25. The number of benzene rings is 2. The van der Waals surface area contributed by atoms with Crippen LogP contribution < -0.4 is 5.32 Å². The first kappa shape index (κ1) is 19.4. The summed E-state index contributed by atoms with van der Waals surface area (Å²) in [4.78, 5) is 16.4. The van der Waals surface area contributed by atoms with Gasteiger partial charge in [0, 0.05) is 18.1 Å². The summed E-state index contributed by atoms with van der Waals surface area (Å²) in [5, 5.41) is 3.76. The highest BCUT2D eigenvalue weighted by molar-refractivity contribution is 6.30. The van der Waals surface area contributed by atoms with Crippen LogP contribution in [0.15, 0.2) is 54.6 Å². The predicted octanol–water partition coefficient (Wildman–Crippen LogP) is 3.19. The SMILES string of the molecule is CN(CC(=O)NCC(c1ccccc1)N(C)C)Cc1cccc(Cl)c1. The number of carbonyl (C=O) groups excluding carboxylic acids is 1. The number of likely N-dealkylation sites (N-methyl/N-ethyl adjacent to an activating group) is 2. The summed E-state index contributed by atoms with van der Waals surface area (Å²) in [7, 11) is 5.98. The van der Waals surface area contributed by atoms with Crippen molar-refractivity contribution in [3.05, 3.63) is 70.7 Å². The molecular weight excluding hydrogens is 334 g/mol. The van der Waals surface area contributed by atoms with Gasteiger partial charge < -0.3 is 10.2 Å². The van der Waals surface area contributed by atoms with Crippen LogP contribution in [-0.2, 0) is 11.3 Å². The predicted molar refractivity (Wildman–Crippen MR) is 104 cm³/mol. The maximum atomic E-state index is 12.3. The molecule has 2 aromatic carbocycles. The maximum absolute atomic E-state index is 12.3. The zero-order chi connectivity index (χ0) is 18.2. The summed E-state index contributed by atoms with van der Waals surface area (Å²) in [6, 6.07) is 18.1. The molecule has 2 rings (SSSR count). The van der Waals surface area contributed by atoms with Crippen molar-refractivity contribution in [2.75, 3.05) is 34.2 Å². The van der Waals surface area contributed by atoms with Gasteiger partial charge in [-0.2, -0.15) is 0 Å². The van der Waals surface area contributed by atoms with Crippen molar-refractivity contribution in [3.63, 3.8) is 0 Å². The molecule has 4 nitrogen and oxygen atoms in total. The summed E-state index contributed by atoms with van der Waals surface area (Å²) in [6.07, 6.45) is 0. The highest BCUT2D eigenvalue weighted by Gasteiger charge is 2.15. The molecule has 1 atom stereocenters. The zero-order valence-corrected chi connectivity index (χ0v) is 15.8. The third-order valence-electron chi connectivity index (χ3n) is 4.06. The lowest BCUT2D eigenvalue weighted by atomic mass is 10.1. The Hall–Kier alpha value is -1.88. The molecule has 0 saturated carbocycles. The highest BCUT2D eigenvalue weighted by Crippen LogP contribution is 2.16. The number of hydrogen-bond acceptors (Lipinski definition) is 3. The fraction of sp³-hybridized carbons (Fsp3) is 0.350. The molecule has 1 amide bonds. The molecule has 0 spiro atoms. The Bertz CT molecular complexity index is 676. The maximum Gasteiger partial charge on any atom is 0.234 e. The number of amides is 1. The van der Waals surface area contributed by atoms with Gasteiger partial charge in [-0.1, -0.05) is 54.1 Å². The van der Waals surface area contributed by atoms with E-state index in [4.69, 9.17) is 11.6 Å². The molecular formula is C20H26ClN3O. The normalized spacial score (nSPS) is 12.4. The molecule has 2 aromatic rings. The average Bonchev–Trinajstić information content (AvgIpc) is 2.55. The van der Waals surface area contributed by atoms with Crippen LogP contribution in [0.3, 0.4) is 0 Å². The van der Waals surface area contributed by atoms with Gasteiger partial charge in [0.05, 0.1) is 12.6 Å². The van der Waals surface area contributed by atoms with Crippen LogP contribution in [0, 0.1) is 0 Å². The average molecular weight is 360 g/mol. The molecule has 134 valence electrons. The molecule has 1 unspecified atom stereocenters. The fourth-order valence-electron chi connectivity index (χ4n) is 2.79. The largest absolute Gasteiger partial charge is 0.353 e. The minimum absolute atomic E-state index is 0.0207. The van der Waals surface area contributed by atoms with Crippen LogP contribution in [0.5, 0.6) is 0 Å². The fourth-order valence-corrected chi connectivity index (χ4v) is 3.00. The third-order valence-corrected chi connectivity index (χ3v) is 4.29. The van der Waals surface area contributed by atoms with Gasteiger partial charge in [-0.3, -0.25) is 9.69 Å². The molecule has 0 aromatic heterocycles. The number of hydrogen-bond donors (Lipinski definition) is 1. The van der Waals surface area contributed by atoms with E-state index < -0.39 is 0 Å². The summed E-state index contributed by atoms with van der Waals surface area (Å²) in [6.45, 7) is 1.62. The van der Waals surface area contributed by atoms with Crippen LogP contribution >= 0.6 is 11.6 Å². The Morgan fingerprint density at radius 1 is 1.08 bits per heavy atom. The van der Waals surface area contributed by atoms with Gasteiger partial charge in [-0.25, -0.2) is 0 Å². The smallest absolute Gasteiger partial charge is 0.234 e. The molecule has 25 heavy (non-hydrogen) atoms. The third kappa shape index (κ3) is 6.50. The first-order valence-electron chi connectivity index (χ1n) is 8.37. The molecule has 0 aliphatic heterocycles. The molecule has 0 aliphatic rings. The van der Waals surface area contributed by atoms with E-state index in [2.05, 4.69) is 22.3 Å². The number of nitrogens with one attached hydrogen (secondary N) is 1. The quantitative estimate of drug-likeness (QED) is 0.786. The second kappa shape index (κ2) is 9.56. The molecule has 0 aliphatic carbocycles. The minimum Gasteiger partial charge on any atom is -0.353 e. The van der Waals surface area contributed by atoms with E-state index >= 15 is 0 Å². The summed E-state index contributed by atoms with van der Waals surface area (Å²) < 4.78 is 0. The molecule has 0 saturated heterocycles. The topological polar surface area (TPSA) is 35.6 Å². The molecule has 0 fully saturated rings. The van der Waals surface area contributed by atoms with Crippen LogP contribution in [0.25, 0.3) is 0 Å². The van der Waals surface area contributed by atoms with Crippen molar-refractivity contribution in [2.24, 2.45) is 0 Å². The molecule has 5 heteroatoms. The Kier molecular flexibility index (Phi) is 7.44. The van der Waals surface area contributed by atoms with E-state index in [1.54, 1.807) is 0 Å². The van der Waals surface area contributed by atoms with E-state index in [0.717, 1.165) is 5.56 Å². The summed E-state index contributed by atoms with van der Waals surface area (Å²) in [5.74, 6) is 0.0207. The van der Waals surface area contributed by atoms with Gasteiger partial charge in [0.2, 0.25) is 5.91 Å². The lowest BCUT2D eigenvalue weighted by Crippen LogP contribution is -2.39. The molecule has 0 heterocycles. The van der Waals surface area contributed by atoms with E-state index in [9.17, 15) is 4.79 Å². The van der Waals surface area contributed by atoms with E-state index in [1.807, 2.05) is 68.5 Å². The van der Waals surface area contributed by atoms with Crippen LogP contribution in [0.4, 0.5) is 0 Å². The number of halogens is 1. The Labute approximate surface area is 155 Å². The van der Waals surface area contributed by atoms with Crippen LogP contribution in [-0.4, -0.2) is 49.9 Å². The van der Waals surface area contributed by atoms with Gasteiger partial charge in [0.25, 0.3) is 0 Å². The highest BCUT2D eigenvalue weighted by atomic mass is 35.5. The summed E-state index contributed by atoms with van der Waals surface area (Å²) >= 11 is 6.00. The van der Waals surface area contributed by atoms with E-state index in [0.29, 0.717) is 24.7 Å². The number of nitrogens with zero attached hydrogens (tertiary/aromatic N) is 2. The van der Waals surface area contributed by atoms with Gasteiger partial charge in [-0.15, -0.1) is 0 Å². The second-order valence-electron chi connectivity index (χ2n) is 6.50. The molecule has 0 radical (unpaired) electrons. The molecule has 1 N–H and O–H groups in total. The van der Waals surface area contributed by atoms with Gasteiger partial charge in [0.1, 0.15) is 0 Å². The van der Waals surface area contributed by atoms with Gasteiger partial charge in [-0.05, 0) is 44.4 Å². The standard InChI is InChI=1S/C20H26ClN3O/c1-23(2)19(17-9-5-4-6-10-17)13-22-20(25)15-24(3)14-16-8-7-11-18(21)12-16/h4-12,19H,13-15H2,1-3H3,(H,22,25). The van der Waals surface area contributed by atoms with Crippen molar-refractivity contribution in [1.29, 1.82) is 0 Å². The van der Waals surface area contributed by atoms with Crippen molar-refractivity contribution in [3.8, 4) is 0 Å². The summed E-state index contributed by atoms with van der Waals surface area (Å²) in [5.41, 5.74) is 2.29. The van der Waals surface area contributed by atoms with Crippen molar-refractivity contribution in [1.82, 2.24) is 15.1 Å². The van der Waals surface area contributed by atoms with Crippen molar-refractivity contribution < 1.29 is 4.79 Å². The van der Waals surface area contributed by atoms with Crippen molar-refractivity contribution in [2.45, 2.75) is 12.6 Å². The van der Waals surface area contributed by atoms with Crippen molar-refractivity contribution >= 4 is 17.5 Å².